The lowest BCUT2D eigenvalue weighted by molar-refractivity contribution is -0.255. The fourth-order valence-corrected chi connectivity index (χ4v) is 8.13. The molecule has 24 nitrogen and oxygen atoms in total. The molecule has 0 amide bonds. The lowest BCUT2D eigenvalue weighted by Crippen LogP contribution is -2.59. The van der Waals surface area contributed by atoms with Crippen molar-refractivity contribution in [2.24, 2.45) is 0 Å². The molecule has 2 aromatic rings. The summed E-state index contributed by atoms with van der Waals surface area (Å²) in [5.74, 6) is -12.5. The van der Waals surface area contributed by atoms with Gasteiger partial charge in [-0.15, -0.1) is 0 Å². The van der Waals surface area contributed by atoms with Gasteiger partial charge >= 0.3 is 59.7 Å². The van der Waals surface area contributed by atoms with Gasteiger partial charge in [0.1, 0.15) is 53.8 Å². The summed E-state index contributed by atoms with van der Waals surface area (Å²) >= 11 is 0. The zero-order valence-electron chi connectivity index (χ0n) is 39.5. The zero-order valence-corrected chi connectivity index (χ0v) is 39.5. The van der Waals surface area contributed by atoms with Gasteiger partial charge < -0.3 is 61.6 Å². The molecule has 1 unspecified atom stereocenters. The lowest BCUT2D eigenvalue weighted by atomic mass is 9.82. The number of rotatable bonds is 14. The fourth-order valence-electron chi connectivity index (χ4n) is 8.13. The van der Waals surface area contributed by atoms with E-state index in [0.29, 0.717) is 5.56 Å². The van der Waals surface area contributed by atoms with Crippen molar-refractivity contribution in [2.45, 2.75) is 137 Å². The summed E-state index contributed by atoms with van der Waals surface area (Å²) in [4.78, 5) is 142. The van der Waals surface area contributed by atoms with E-state index in [4.69, 9.17) is 61.6 Å². The molecule has 3 aliphatic rings. The highest BCUT2D eigenvalue weighted by atomic mass is 16.7. The lowest BCUT2D eigenvalue weighted by Gasteiger charge is -2.46. The molecule has 70 heavy (non-hydrogen) atoms. The summed E-state index contributed by atoms with van der Waals surface area (Å²) in [6.07, 6.45) is -18.1. The van der Waals surface area contributed by atoms with Crippen LogP contribution in [0.2, 0.25) is 0 Å². The second-order valence-electron chi connectivity index (χ2n) is 15.9. The Bertz CT molecular complexity index is 2440. The third-order valence-electron chi connectivity index (χ3n) is 10.3. The van der Waals surface area contributed by atoms with Crippen LogP contribution >= 0.6 is 0 Å². The van der Waals surface area contributed by atoms with Gasteiger partial charge in [-0.3, -0.25) is 52.7 Å². The monoisotopic (exact) mass is 986 g/mol. The number of carbonyl (C=O) groups excluding carboxylic acids is 11. The van der Waals surface area contributed by atoms with Crippen LogP contribution in [0.1, 0.15) is 121 Å². The van der Waals surface area contributed by atoms with Crippen molar-refractivity contribution < 1.29 is 114 Å². The van der Waals surface area contributed by atoms with E-state index < -0.39 is 180 Å². The van der Waals surface area contributed by atoms with E-state index in [2.05, 4.69) is 0 Å². The molecule has 24 heteroatoms. The SMILES string of the molecule is CC(=O)OC[C@H]1O[C@@H](c2c(OC(C)=O)c3c(c([C@@H]4OC[C@@H](OC(C)=O)[C@H](OC(C)=O)[C@H]4OC(C)=O)c2OC(C)=O)OC(c2ccc(OC(C)=O)cc2)CC3=O)[C@H](OC(C)=O)[C@@H](OC(C)=O)[C@@H]1OC(C)=O. The number of hydrogen-bond donors (Lipinski definition) is 0. The van der Waals surface area contributed by atoms with E-state index in [1.54, 1.807) is 0 Å². The highest BCUT2D eigenvalue weighted by Gasteiger charge is 2.57. The predicted molar refractivity (Wildman–Crippen MR) is 225 cm³/mol. The van der Waals surface area contributed by atoms with Crippen molar-refractivity contribution in [3.8, 4) is 23.0 Å². The molecular weight excluding hydrogens is 936 g/mol. The number of fused-ring (bicyclic) bond motifs is 1. The molecule has 0 N–H and O–H groups in total. The van der Waals surface area contributed by atoms with Gasteiger partial charge in [-0.2, -0.15) is 0 Å². The van der Waals surface area contributed by atoms with Crippen LogP contribution in [0.3, 0.4) is 0 Å². The number of ketones is 1. The first-order valence-corrected chi connectivity index (χ1v) is 21.4. The van der Waals surface area contributed by atoms with Gasteiger partial charge in [0.05, 0.1) is 24.2 Å². The maximum Gasteiger partial charge on any atom is 0.308 e. The molecule has 3 heterocycles. The van der Waals surface area contributed by atoms with Gasteiger partial charge in [-0.05, 0) is 17.7 Å². The molecule has 0 saturated carbocycles. The van der Waals surface area contributed by atoms with E-state index in [1.807, 2.05) is 0 Å². The van der Waals surface area contributed by atoms with Crippen molar-refractivity contribution in [1.29, 1.82) is 0 Å². The third kappa shape index (κ3) is 13.0. The molecule has 0 radical (unpaired) electrons. The van der Waals surface area contributed by atoms with Crippen LogP contribution in [0.5, 0.6) is 23.0 Å². The number of ether oxygens (including phenoxy) is 13. The quantitative estimate of drug-likeness (QED) is 0.149. The van der Waals surface area contributed by atoms with Crippen molar-refractivity contribution in [3.05, 3.63) is 46.5 Å². The van der Waals surface area contributed by atoms with Gasteiger partial charge in [0.15, 0.2) is 48.2 Å². The standard InChI is InChI=1S/C46H50O24/c1-18(47)58-16-33-38(63-22(5)51)45(67-26(9)55)46(68-27(10)56)43(70-33)36-39(64-23(6)52)34-30(57)15-31(28-11-13-29(14-12-28)60-19(2)48)69-40(34)35(41(36)65-24(7)53)42-44(66-25(8)54)37(62-21(4)50)32(17-59-42)61-20(3)49/h11-14,31-33,37-38,42-46H,15-17H2,1-10H3/t31?,32-,33-,37+,38-,42+,43+,44-,45+,46+/m1/s1. The maximum atomic E-state index is 15.0. The first-order valence-electron chi connectivity index (χ1n) is 21.4. The Morgan fingerprint density at radius 2 is 1.00 bits per heavy atom. The second-order valence-corrected chi connectivity index (χ2v) is 15.9. The van der Waals surface area contributed by atoms with Crippen LogP contribution in [0.4, 0.5) is 0 Å². The highest BCUT2D eigenvalue weighted by Crippen LogP contribution is 2.57. The van der Waals surface area contributed by atoms with Crippen LogP contribution in [0.15, 0.2) is 24.3 Å². The molecule has 378 valence electrons. The Labute approximate surface area is 398 Å². The Hall–Kier alpha value is -7.47. The van der Waals surface area contributed by atoms with Crippen molar-refractivity contribution in [1.82, 2.24) is 0 Å². The topological polar surface area (TPSA) is 308 Å². The summed E-state index contributed by atoms with van der Waals surface area (Å²) in [6.45, 7) is 8.57. The smallest absolute Gasteiger partial charge is 0.308 e. The predicted octanol–water partition coefficient (Wildman–Crippen LogP) is 2.83. The Balaban J connectivity index is 1.98. The molecular formula is C46H50O24. The minimum absolute atomic E-state index is 0.127. The minimum atomic E-state index is -2.07. The maximum absolute atomic E-state index is 15.0. The Morgan fingerprint density at radius 1 is 0.514 bits per heavy atom. The Kier molecular flexibility index (Phi) is 17.4. The number of Topliss-reactive ketones (excluding diaryl/α,β-unsaturated/α-hetero) is 1. The normalized spacial score (nSPS) is 24.7. The molecule has 2 saturated heterocycles. The van der Waals surface area contributed by atoms with Crippen LogP contribution in [-0.2, 0) is 90.6 Å². The number of esters is 10. The third-order valence-corrected chi connectivity index (χ3v) is 10.3. The largest absolute Gasteiger partial charge is 0.484 e. The molecule has 2 aromatic carbocycles. The van der Waals surface area contributed by atoms with Gasteiger partial charge in [0.25, 0.3) is 0 Å². The van der Waals surface area contributed by atoms with E-state index in [-0.39, 0.29) is 5.75 Å². The van der Waals surface area contributed by atoms with Crippen LogP contribution in [-0.4, -0.2) is 121 Å². The van der Waals surface area contributed by atoms with Crippen molar-refractivity contribution >= 4 is 65.5 Å². The molecule has 3 aliphatic heterocycles. The van der Waals surface area contributed by atoms with E-state index in [9.17, 15) is 47.9 Å². The summed E-state index contributed by atoms with van der Waals surface area (Å²) < 4.78 is 75.3. The number of benzene rings is 2. The Morgan fingerprint density at radius 3 is 1.51 bits per heavy atom. The average molecular weight is 987 g/mol. The average Bonchev–Trinajstić information content (AvgIpc) is 3.22. The summed E-state index contributed by atoms with van der Waals surface area (Å²) in [6, 6.07) is 5.74. The van der Waals surface area contributed by atoms with Crippen molar-refractivity contribution in [2.75, 3.05) is 13.2 Å². The second kappa shape index (κ2) is 22.8. The van der Waals surface area contributed by atoms with E-state index in [0.717, 1.165) is 62.3 Å². The zero-order chi connectivity index (χ0) is 51.9. The number of hydrogen-bond acceptors (Lipinski definition) is 24. The summed E-state index contributed by atoms with van der Waals surface area (Å²) in [5.41, 5.74) is -1.45. The van der Waals surface area contributed by atoms with E-state index >= 15 is 4.79 Å². The first kappa shape index (κ1) is 53.5. The minimum Gasteiger partial charge on any atom is -0.484 e. The summed E-state index contributed by atoms with van der Waals surface area (Å²) in [5, 5.41) is 0. The van der Waals surface area contributed by atoms with Crippen molar-refractivity contribution in [3.63, 3.8) is 0 Å². The fraction of sp³-hybridized carbons (Fsp3) is 0.500. The van der Waals surface area contributed by atoms with Gasteiger partial charge in [0, 0.05) is 69.2 Å². The van der Waals surface area contributed by atoms with Gasteiger partial charge in [-0.1, -0.05) is 12.1 Å². The molecule has 5 rings (SSSR count). The first-order chi connectivity index (χ1) is 32.9. The molecule has 2 fully saturated rings. The molecule has 0 aromatic heterocycles. The van der Waals surface area contributed by atoms with Crippen LogP contribution < -0.4 is 18.9 Å². The van der Waals surface area contributed by atoms with E-state index in [1.165, 1.54) is 31.2 Å². The number of carbonyl (C=O) groups is 11. The van der Waals surface area contributed by atoms with Gasteiger partial charge in [-0.25, -0.2) is 0 Å². The molecule has 10 atom stereocenters. The summed E-state index contributed by atoms with van der Waals surface area (Å²) in [7, 11) is 0. The molecule has 0 spiro atoms. The molecule has 0 bridgehead atoms. The van der Waals surface area contributed by atoms with Crippen LogP contribution in [0.25, 0.3) is 0 Å². The highest BCUT2D eigenvalue weighted by molar-refractivity contribution is 6.05. The molecule has 0 aliphatic carbocycles. The van der Waals surface area contributed by atoms with Gasteiger partial charge in [0.2, 0.25) is 0 Å². The van der Waals surface area contributed by atoms with Crippen LogP contribution in [0, 0.1) is 0 Å².